The molecule has 0 spiro atoms. The summed E-state index contributed by atoms with van der Waals surface area (Å²) < 4.78 is 6.62. The predicted octanol–water partition coefficient (Wildman–Crippen LogP) is 15.0. The van der Waals surface area contributed by atoms with Crippen molar-refractivity contribution in [3.05, 3.63) is 200 Å². The predicted molar refractivity (Wildman–Crippen MR) is 229 cm³/mol. The van der Waals surface area contributed by atoms with Crippen molar-refractivity contribution in [2.45, 2.75) is 0 Å². The van der Waals surface area contributed by atoms with E-state index in [0.717, 1.165) is 61.3 Å². The van der Waals surface area contributed by atoms with Gasteiger partial charge >= 0.3 is 0 Å². The Hall–Kier alpha value is -7.16. The summed E-state index contributed by atoms with van der Waals surface area (Å²) in [4.78, 5) is 2.46. The van der Waals surface area contributed by atoms with Crippen LogP contribution in [0.1, 0.15) is 0 Å². The van der Waals surface area contributed by atoms with Gasteiger partial charge in [0.05, 0.1) is 11.4 Å². The smallest absolute Gasteiger partial charge is 0.143 e. The molecule has 0 aliphatic heterocycles. The Morgan fingerprint density at radius 3 is 1.70 bits per heavy atom. The Labute approximate surface area is 312 Å². The molecule has 0 bridgehead atoms. The van der Waals surface area contributed by atoms with E-state index in [1.165, 1.54) is 43.1 Å². The van der Waals surface area contributed by atoms with E-state index in [1.807, 2.05) is 6.07 Å². The monoisotopic (exact) mass is 687 g/mol. The fourth-order valence-electron chi connectivity index (χ4n) is 8.55. The van der Waals surface area contributed by atoms with Gasteiger partial charge in [0.2, 0.25) is 0 Å². The van der Waals surface area contributed by atoms with Crippen LogP contribution in [0.4, 0.5) is 17.1 Å². The number of nitrogens with zero attached hydrogens (tertiary/aromatic N) is 1. The minimum atomic E-state index is 0.895. The lowest BCUT2D eigenvalue weighted by Crippen LogP contribution is -2.11. The van der Waals surface area contributed by atoms with Crippen LogP contribution < -0.4 is 4.90 Å². The molecule has 2 nitrogen and oxygen atoms in total. The number of furan rings is 1. The van der Waals surface area contributed by atoms with E-state index in [2.05, 4.69) is 199 Å². The molecule has 0 aliphatic carbocycles. The molecule has 0 aliphatic rings. The van der Waals surface area contributed by atoms with Gasteiger partial charge in [-0.15, -0.1) is 0 Å². The van der Waals surface area contributed by atoms with Crippen molar-refractivity contribution in [1.29, 1.82) is 0 Å². The third-order valence-electron chi connectivity index (χ3n) is 11.0. The molecule has 0 atom stereocenters. The molecule has 0 fully saturated rings. The van der Waals surface area contributed by atoms with Crippen molar-refractivity contribution in [3.8, 4) is 22.3 Å². The van der Waals surface area contributed by atoms with Crippen LogP contribution in [0.15, 0.2) is 205 Å². The minimum absolute atomic E-state index is 0.895. The van der Waals surface area contributed by atoms with Crippen LogP contribution in [0, 0.1) is 0 Å². The fourth-order valence-corrected chi connectivity index (χ4v) is 8.55. The first-order valence-electron chi connectivity index (χ1n) is 18.5. The van der Waals surface area contributed by atoms with Crippen LogP contribution in [0.25, 0.3) is 87.3 Å². The standard InChI is InChI=1S/C52H33NO/c1-2-13-34(14-3-1)42-32-31-41(51-47-21-10-11-24-50(47)54-52(42)51)36-25-28-38(29-26-36)53(48-23-12-22-44-39-17-6-4-15-35(39)27-30-46(44)48)49-33-37-16-5-7-18-40(37)43-19-8-9-20-45(43)49/h1-33H. The number of fused-ring (bicyclic) bond motifs is 9. The normalized spacial score (nSPS) is 11.7. The fraction of sp³-hybridized carbons (Fsp3) is 0. The van der Waals surface area contributed by atoms with Crippen LogP contribution in [0.5, 0.6) is 0 Å². The lowest BCUT2D eigenvalue weighted by Gasteiger charge is -2.29. The third kappa shape index (κ3) is 4.74. The van der Waals surface area contributed by atoms with Gasteiger partial charge in [-0.1, -0.05) is 164 Å². The largest absolute Gasteiger partial charge is 0.455 e. The van der Waals surface area contributed by atoms with Crippen molar-refractivity contribution in [2.75, 3.05) is 4.90 Å². The molecule has 11 rings (SSSR count). The molecule has 54 heavy (non-hydrogen) atoms. The molecule has 2 heteroatoms. The second-order valence-electron chi connectivity index (χ2n) is 14.0. The summed E-state index contributed by atoms with van der Waals surface area (Å²) in [5, 5.41) is 12.1. The second-order valence-corrected chi connectivity index (χ2v) is 14.0. The number of benzene rings is 10. The first-order valence-corrected chi connectivity index (χ1v) is 18.5. The molecule has 0 unspecified atom stereocenters. The molecule has 0 saturated heterocycles. The van der Waals surface area contributed by atoms with Gasteiger partial charge < -0.3 is 9.32 Å². The summed E-state index contributed by atoms with van der Waals surface area (Å²) in [5.41, 5.74) is 9.72. The maximum absolute atomic E-state index is 6.62. The van der Waals surface area contributed by atoms with Gasteiger partial charge in [-0.05, 0) is 85.4 Å². The lowest BCUT2D eigenvalue weighted by atomic mass is 9.94. The third-order valence-corrected chi connectivity index (χ3v) is 11.0. The SMILES string of the molecule is c1ccc(-c2ccc(-c3ccc(N(c4cccc5c4ccc4ccccc45)c4cc5ccccc5c5ccccc45)cc3)c3c2oc2ccccc23)cc1. The molecule has 1 aromatic heterocycles. The van der Waals surface area contributed by atoms with E-state index < -0.39 is 0 Å². The van der Waals surface area contributed by atoms with E-state index in [4.69, 9.17) is 4.42 Å². The summed E-state index contributed by atoms with van der Waals surface area (Å²) in [6.45, 7) is 0. The van der Waals surface area contributed by atoms with Gasteiger partial charge in [0, 0.05) is 32.8 Å². The maximum Gasteiger partial charge on any atom is 0.143 e. The Morgan fingerprint density at radius 2 is 0.907 bits per heavy atom. The van der Waals surface area contributed by atoms with E-state index in [0.29, 0.717) is 0 Å². The Balaban J connectivity index is 1.15. The average molecular weight is 688 g/mol. The van der Waals surface area contributed by atoms with Crippen LogP contribution in [0.2, 0.25) is 0 Å². The number of rotatable bonds is 5. The average Bonchev–Trinajstić information content (AvgIpc) is 3.64. The van der Waals surface area contributed by atoms with E-state index in [1.54, 1.807) is 0 Å². The highest BCUT2D eigenvalue weighted by Gasteiger charge is 2.21. The molecule has 252 valence electrons. The summed E-state index contributed by atoms with van der Waals surface area (Å²) in [6.07, 6.45) is 0. The minimum Gasteiger partial charge on any atom is -0.455 e. The molecule has 10 aromatic carbocycles. The zero-order valence-electron chi connectivity index (χ0n) is 29.4. The highest BCUT2D eigenvalue weighted by molar-refractivity contribution is 6.19. The van der Waals surface area contributed by atoms with Crippen LogP contribution >= 0.6 is 0 Å². The highest BCUT2D eigenvalue weighted by atomic mass is 16.3. The second kappa shape index (κ2) is 12.2. The van der Waals surface area contributed by atoms with Crippen molar-refractivity contribution in [2.24, 2.45) is 0 Å². The molecule has 0 radical (unpaired) electrons. The zero-order chi connectivity index (χ0) is 35.6. The molecule has 1 heterocycles. The molecular formula is C52H33NO. The Bertz CT molecular complexity index is 3210. The van der Waals surface area contributed by atoms with Crippen LogP contribution in [-0.2, 0) is 0 Å². The molecule has 0 N–H and O–H groups in total. The van der Waals surface area contributed by atoms with Crippen LogP contribution in [0.3, 0.4) is 0 Å². The Kier molecular flexibility index (Phi) is 6.90. The molecule has 0 saturated carbocycles. The number of hydrogen-bond donors (Lipinski definition) is 0. The van der Waals surface area contributed by atoms with Gasteiger partial charge in [0.15, 0.2) is 0 Å². The van der Waals surface area contributed by atoms with Gasteiger partial charge in [-0.3, -0.25) is 0 Å². The van der Waals surface area contributed by atoms with E-state index in [9.17, 15) is 0 Å². The summed E-state index contributed by atoms with van der Waals surface area (Å²) in [5.74, 6) is 0. The van der Waals surface area contributed by atoms with Crippen molar-refractivity contribution in [3.63, 3.8) is 0 Å². The molecule has 11 aromatic rings. The van der Waals surface area contributed by atoms with Crippen molar-refractivity contribution >= 4 is 82.1 Å². The highest BCUT2D eigenvalue weighted by Crippen LogP contribution is 2.47. The van der Waals surface area contributed by atoms with E-state index in [-0.39, 0.29) is 0 Å². The molecule has 0 amide bonds. The number of anilines is 3. The van der Waals surface area contributed by atoms with Gasteiger partial charge in [-0.2, -0.15) is 0 Å². The Morgan fingerprint density at radius 1 is 0.333 bits per heavy atom. The maximum atomic E-state index is 6.62. The van der Waals surface area contributed by atoms with Crippen LogP contribution in [-0.4, -0.2) is 0 Å². The summed E-state index contributed by atoms with van der Waals surface area (Å²) in [6, 6.07) is 72.2. The first kappa shape index (κ1) is 30.5. The molecular weight excluding hydrogens is 655 g/mol. The topological polar surface area (TPSA) is 16.4 Å². The van der Waals surface area contributed by atoms with Crippen molar-refractivity contribution < 1.29 is 4.42 Å². The van der Waals surface area contributed by atoms with Crippen molar-refractivity contribution in [1.82, 2.24) is 0 Å². The number of para-hydroxylation sites is 1. The zero-order valence-corrected chi connectivity index (χ0v) is 29.4. The van der Waals surface area contributed by atoms with E-state index >= 15 is 0 Å². The van der Waals surface area contributed by atoms with Gasteiger partial charge in [-0.25, -0.2) is 0 Å². The summed E-state index contributed by atoms with van der Waals surface area (Å²) in [7, 11) is 0. The number of hydrogen-bond acceptors (Lipinski definition) is 2. The quantitative estimate of drug-likeness (QED) is 0.168. The first-order chi connectivity index (χ1) is 26.8. The summed E-state index contributed by atoms with van der Waals surface area (Å²) >= 11 is 0. The van der Waals surface area contributed by atoms with Gasteiger partial charge in [0.1, 0.15) is 11.2 Å². The lowest BCUT2D eigenvalue weighted by molar-refractivity contribution is 0.670. The van der Waals surface area contributed by atoms with Gasteiger partial charge in [0.25, 0.3) is 0 Å².